The van der Waals surface area contributed by atoms with Gasteiger partial charge >= 0.3 is 0 Å². The molecule has 1 aliphatic rings. The Morgan fingerprint density at radius 2 is 2.04 bits per heavy atom. The molecular formula is C16H20N6O. The van der Waals surface area contributed by atoms with Gasteiger partial charge in [-0.25, -0.2) is 9.97 Å². The van der Waals surface area contributed by atoms with Crippen LogP contribution in [0.4, 0.5) is 11.5 Å². The zero-order valence-electron chi connectivity index (χ0n) is 13.1. The normalized spacial score (nSPS) is 15.4. The molecule has 0 atom stereocenters. The van der Waals surface area contributed by atoms with Crippen LogP contribution >= 0.6 is 0 Å². The summed E-state index contributed by atoms with van der Waals surface area (Å²) in [5.41, 5.74) is 7.54. The van der Waals surface area contributed by atoms with Gasteiger partial charge in [0, 0.05) is 42.8 Å². The lowest BCUT2D eigenvalue weighted by molar-refractivity contribution is 0.0995. The van der Waals surface area contributed by atoms with Gasteiger partial charge in [-0.3, -0.25) is 9.78 Å². The Bertz CT molecular complexity index is 696. The largest absolute Gasteiger partial charge is 0.371 e. The number of carbonyl (C=O) groups is 1. The third-order valence-corrected chi connectivity index (χ3v) is 4.01. The summed E-state index contributed by atoms with van der Waals surface area (Å²) in [7, 11) is 0. The predicted molar refractivity (Wildman–Crippen MR) is 88.4 cm³/mol. The number of aromatic nitrogens is 3. The molecule has 3 heterocycles. The summed E-state index contributed by atoms with van der Waals surface area (Å²) in [4.78, 5) is 25.8. The third-order valence-electron chi connectivity index (χ3n) is 4.01. The lowest BCUT2D eigenvalue weighted by atomic mass is 10.0. The highest BCUT2D eigenvalue weighted by Crippen LogP contribution is 2.22. The fraction of sp³-hybridized carbons (Fsp3) is 0.375. The fourth-order valence-electron chi connectivity index (χ4n) is 2.78. The van der Waals surface area contributed by atoms with Gasteiger partial charge in [0.15, 0.2) is 0 Å². The van der Waals surface area contributed by atoms with Crippen LogP contribution in [0.25, 0.3) is 0 Å². The number of rotatable bonds is 4. The highest BCUT2D eigenvalue weighted by atomic mass is 16.1. The Labute approximate surface area is 135 Å². The van der Waals surface area contributed by atoms with Crippen LogP contribution in [0.5, 0.6) is 0 Å². The minimum Gasteiger partial charge on any atom is -0.371 e. The summed E-state index contributed by atoms with van der Waals surface area (Å²) in [5.74, 6) is 0.374. The van der Waals surface area contributed by atoms with E-state index >= 15 is 0 Å². The van der Waals surface area contributed by atoms with Crippen molar-refractivity contribution in [2.45, 2.75) is 25.8 Å². The summed E-state index contributed by atoms with van der Waals surface area (Å²) >= 11 is 0. The molecule has 120 valence electrons. The van der Waals surface area contributed by atoms with Crippen LogP contribution in [-0.4, -0.2) is 40.0 Å². The van der Waals surface area contributed by atoms with E-state index in [1.165, 1.54) is 0 Å². The average molecular weight is 312 g/mol. The molecule has 0 aliphatic carbocycles. The van der Waals surface area contributed by atoms with Crippen molar-refractivity contribution < 1.29 is 4.79 Å². The van der Waals surface area contributed by atoms with Gasteiger partial charge in [0.05, 0.1) is 0 Å². The molecule has 23 heavy (non-hydrogen) atoms. The number of aryl methyl sites for hydroxylation is 1. The molecular weight excluding hydrogens is 292 g/mol. The number of nitrogens with two attached hydrogens (primary N) is 1. The Hall–Kier alpha value is -2.70. The Balaban J connectivity index is 1.60. The quantitative estimate of drug-likeness (QED) is 0.885. The van der Waals surface area contributed by atoms with Crippen molar-refractivity contribution in [1.82, 2.24) is 15.0 Å². The molecule has 0 spiro atoms. The van der Waals surface area contributed by atoms with Gasteiger partial charge in [-0.15, -0.1) is 0 Å². The Morgan fingerprint density at radius 1 is 1.26 bits per heavy atom. The van der Waals surface area contributed by atoms with Crippen molar-refractivity contribution in [2.24, 2.45) is 5.73 Å². The number of anilines is 2. The van der Waals surface area contributed by atoms with Crippen molar-refractivity contribution in [3.05, 3.63) is 42.1 Å². The molecule has 0 aromatic carbocycles. The molecule has 0 radical (unpaired) electrons. The van der Waals surface area contributed by atoms with E-state index in [1.54, 1.807) is 18.6 Å². The van der Waals surface area contributed by atoms with Crippen molar-refractivity contribution in [1.29, 1.82) is 0 Å². The number of hydrogen-bond acceptors (Lipinski definition) is 6. The van der Waals surface area contributed by atoms with Crippen LogP contribution in [0.15, 0.2) is 30.7 Å². The first-order valence-electron chi connectivity index (χ1n) is 7.68. The minimum atomic E-state index is -0.498. The number of nitrogens with zero attached hydrogens (tertiary/aromatic N) is 4. The van der Waals surface area contributed by atoms with Crippen molar-refractivity contribution in [3.8, 4) is 0 Å². The summed E-state index contributed by atoms with van der Waals surface area (Å²) in [6.07, 6.45) is 5.20. The van der Waals surface area contributed by atoms with Crippen LogP contribution in [0, 0.1) is 6.92 Å². The van der Waals surface area contributed by atoms with Gasteiger partial charge in [0.2, 0.25) is 0 Å². The SMILES string of the molecule is Cc1cc(NC2CCN(c3ccnc(C(N)=O)c3)CC2)ncn1. The first-order valence-corrected chi connectivity index (χ1v) is 7.68. The second-order valence-electron chi connectivity index (χ2n) is 5.71. The molecule has 0 saturated carbocycles. The van der Waals surface area contributed by atoms with Gasteiger partial charge in [0.1, 0.15) is 17.8 Å². The van der Waals surface area contributed by atoms with E-state index in [0.717, 1.165) is 43.1 Å². The lowest BCUT2D eigenvalue weighted by Gasteiger charge is -2.34. The number of nitrogens with one attached hydrogen (secondary N) is 1. The van der Waals surface area contributed by atoms with Gasteiger partial charge in [-0.05, 0) is 31.9 Å². The molecule has 2 aromatic rings. The zero-order valence-corrected chi connectivity index (χ0v) is 13.1. The van der Waals surface area contributed by atoms with Gasteiger partial charge in [-0.2, -0.15) is 0 Å². The lowest BCUT2D eigenvalue weighted by Crippen LogP contribution is -2.39. The fourth-order valence-corrected chi connectivity index (χ4v) is 2.78. The van der Waals surface area contributed by atoms with E-state index in [2.05, 4.69) is 25.2 Å². The smallest absolute Gasteiger partial charge is 0.267 e. The van der Waals surface area contributed by atoms with Gasteiger partial charge < -0.3 is 16.0 Å². The summed E-state index contributed by atoms with van der Waals surface area (Å²) in [6.45, 7) is 3.77. The van der Waals surface area contributed by atoms with Crippen molar-refractivity contribution >= 4 is 17.4 Å². The predicted octanol–water partition coefficient (Wildman–Crippen LogP) is 1.36. The Morgan fingerprint density at radius 3 is 2.74 bits per heavy atom. The van der Waals surface area contributed by atoms with Crippen LogP contribution < -0.4 is 16.0 Å². The molecule has 7 heteroatoms. The van der Waals surface area contributed by atoms with Crippen molar-refractivity contribution in [2.75, 3.05) is 23.3 Å². The number of pyridine rings is 1. The molecule has 1 fully saturated rings. The number of piperidine rings is 1. The molecule has 3 rings (SSSR count). The summed E-state index contributed by atoms with van der Waals surface area (Å²) in [6, 6.07) is 6.00. The summed E-state index contributed by atoms with van der Waals surface area (Å²) < 4.78 is 0. The van der Waals surface area contributed by atoms with Crippen LogP contribution in [0.3, 0.4) is 0 Å². The van der Waals surface area contributed by atoms with Crippen LogP contribution in [-0.2, 0) is 0 Å². The maximum Gasteiger partial charge on any atom is 0.267 e. The topological polar surface area (TPSA) is 97.0 Å². The first kappa shape index (κ1) is 15.2. The van der Waals surface area contributed by atoms with Crippen LogP contribution in [0.1, 0.15) is 29.0 Å². The summed E-state index contributed by atoms with van der Waals surface area (Å²) in [5, 5.41) is 3.46. The zero-order chi connectivity index (χ0) is 16.2. The van der Waals surface area contributed by atoms with E-state index < -0.39 is 5.91 Å². The molecule has 7 nitrogen and oxygen atoms in total. The molecule has 1 amide bonds. The number of hydrogen-bond donors (Lipinski definition) is 2. The second-order valence-corrected chi connectivity index (χ2v) is 5.71. The maximum atomic E-state index is 11.2. The van der Waals surface area contributed by atoms with Gasteiger partial charge in [-0.1, -0.05) is 0 Å². The number of primary amides is 1. The highest BCUT2D eigenvalue weighted by molar-refractivity contribution is 5.91. The van der Waals surface area contributed by atoms with Gasteiger partial charge in [0.25, 0.3) is 5.91 Å². The van der Waals surface area contributed by atoms with Crippen LogP contribution in [0.2, 0.25) is 0 Å². The molecule has 1 saturated heterocycles. The second kappa shape index (κ2) is 6.60. The third kappa shape index (κ3) is 3.74. The Kier molecular flexibility index (Phi) is 4.36. The molecule has 0 bridgehead atoms. The van der Waals surface area contributed by atoms with E-state index in [9.17, 15) is 4.79 Å². The number of carbonyl (C=O) groups excluding carboxylic acids is 1. The first-order chi connectivity index (χ1) is 11.1. The minimum absolute atomic E-state index is 0.305. The van der Waals surface area contributed by atoms with E-state index in [1.807, 2.05) is 19.1 Å². The average Bonchev–Trinajstić information content (AvgIpc) is 2.56. The molecule has 0 unspecified atom stereocenters. The maximum absolute atomic E-state index is 11.2. The molecule has 1 aliphatic heterocycles. The molecule has 2 aromatic heterocycles. The van der Waals surface area contributed by atoms with E-state index in [0.29, 0.717) is 11.7 Å². The van der Waals surface area contributed by atoms with E-state index in [-0.39, 0.29) is 0 Å². The van der Waals surface area contributed by atoms with E-state index in [4.69, 9.17) is 5.73 Å². The van der Waals surface area contributed by atoms with Crippen molar-refractivity contribution in [3.63, 3.8) is 0 Å². The standard InChI is InChI=1S/C16H20N6O/c1-11-8-15(20-10-19-11)21-12-3-6-22(7-4-12)13-2-5-18-14(9-13)16(17)23/h2,5,8-10,12H,3-4,6-7H2,1H3,(H2,17,23)(H,19,20,21). The monoisotopic (exact) mass is 312 g/mol. The number of amides is 1. The highest BCUT2D eigenvalue weighted by Gasteiger charge is 2.20. The molecule has 3 N–H and O–H groups in total.